The number of hydrogen-bond donors (Lipinski definition) is 7. The second-order valence-electron chi connectivity index (χ2n) is 7.54. The Hall–Kier alpha value is 1.31. The maximum absolute atomic E-state index is 9.91. The van der Waals surface area contributed by atoms with E-state index in [-0.39, 0.29) is 19.8 Å². The molecule has 0 aromatic heterocycles. The predicted molar refractivity (Wildman–Crippen MR) is 188 cm³/mol. The van der Waals surface area contributed by atoms with E-state index in [2.05, 4.69) is 12.6 Å². The molecule has 6 N–H and O–H groups in total. The van der Waals surface area contributed by atoms with Crippen LogP contribution in [-0.2, 0) is 23.8 Å². The number of carbonyl (C=O) groups is 2. The number of halogens is 2. The number of aliphatic hydroxyl groups is 6. The van der Waals surface area contributed by atoms with Crippen LogP contribution in [0.15, 0.2) is 0 Å². The van der Waals surface area contributed by atoms with Gasteiger partial charge in [0.25, 0.3) is 0 Å². The van der Waals surface area contributed by atoms with E-state index < -0.39 is 18.3 Å². The highest BCUT2D eigenvalue weighted by Crippen LogP contribution is 2.05. The second kappa shape index (κ2) is 50.2. The van der Waals surface area contributed by atoms with Crippen molar-refractivity contribution >= 4 is 95.5 Å². The molecule has 0 amide bonds. The first-order chi connectivity index (χ1) is 20.8. The fraction of sp³-hybridized carbons (Fsp3) is 0.920. The maximum atomic E-state index is 9.91. The molecule has 0 bridgehead atoms. The van der Waals surface area contributed by atoms with E-state index in [1.165, 1.54) is 0 Å². The van der Waals surface area contributed by atoms with Gasteiger partial charge in [-0.25, -0.2) is 0 Å². The highest BCUT2D eigenvalue weighted by molar-refractivity contribution is 8.00. The number of hydrogen-bond acceptors (Lipinski definition) is 16. The van der Waals surface area contributed by atoms with Crippen LogP contribution in [0.2, 0.25) is 0 Å². The minimum Gasteiger partial charge on any atom is -0.394 e. The van der Waals surface area contributed by atoms with Gasteiger partial charge in [0.1, 0.15) is 12.6 Å². The van der Waals surface area contributed by atoms with Crippen LogP contribution in [0, 0.1) is 0 Å². The first kappa shape index (κ1) is 51.2. The van der Waals surface area contributed by atoms with Crippen LogP contribution in [-0.4, -0.2) is 185 Å². The molecule has 0 radical (unpaired) electrons. The summed E-state index contributed by atoms with van der Waals surface area (Å²) in [5.41, 5.74) is 0. The largest absolute Gasteiger partial charge is 0.394 e. The third-order valence-corrected chi connectivity index (χ3v) is 8.30. The summed E-state index contributed by atoms with van der Waals surface area (Å²) in [4.78, 5) is 19.8. The summed E-state index contributed by atoms with van der Waals surface area (Å²) in [5, 5.41) is 51.6. The Morgan fingerprint density at radius 3 is 1.16 bits per heavy atom. The summed E-state index contributed by atoms with van der Waals surface area (Å²) in [6, 6.07) is 0. The Morgan fingerprint density at radius 1 is 0.581 bits per heavy atom. The summed E-state index contributed by atoms with van der Waals surface area (Å²) >= 11 is 20.4. The highest BCUT2D eigenvalue weighted by atomic mass is 35.5. The van der Waals surface area contributed by atoms with Gasteiger partial charge in [-0.15, -0.1) is 23.2 Å². The normalized spacial score (nSPS) is 12.4. The molecule has 0 heterocycles. The number of carbonyl (C=O) groups excluding carboxylic acids is 2. The first-order valence-corrected chi connectivity index (χ1v) is 19.7. The molecule has 0 aromatic rings. The fourth-order valence-corrected chi connectivity index (χ4v) is 4.64. The van der Waals surface area contributed by atoms with Crippen molar-refractivity contribution in [1.82, 2.24) is 0 Å². The fourth-order valence-electron chi connectivity index (χ4n) is 1.75. The summed E-state index contributed by atoms with van der Waals surface area (Å²) in [6.45, 7) is 3.22. The minimum absolute atomic E-state index is 0.191. The van der Waals surface area contributed by atoms with E-state index in [0.717, 1.165) is 35.6 Å². The molecule has 0 rings (SSSR count). The van der Waals surface area contributed by atoms with Gasteiger partial charge in [0.05, 0.1) is 77.8 Å². The topological polar surface area (TPSA) is 183 Å². The van der Waals surface area contributed by atoms with Crippen LogP contribution in [0.25, 0.3) is 0 Å². The first-order valence-electron chi connectivity index (χ1n) is 13.4. The van der Waals surface area contributed by atoms with Crippen molar-refractivity contribution in [1.29, 1.82) is 0 Å². The lowest BCUT2D eigenvalue weighted by Crippen LogP contribution is -2.16. The van der Waals surface area contributed by atoms with E-state index in [9.17, 15) is 9.59 Å². The van der Waals surface area contributed by atoms with Crippen molar-refractivity contribution < 1.29 is 54.4 Å². The second-order valence-corrected chi connectivity index (χ2v) is 13.3. The average Bonchev–Trinajstić information content (AvgIpc) is 3.03. The summed E-state index contributed by atoms with van der Waals surface area (Å²) in [6.07, 6.45) is -0.144. The summed E-state index contributed by atoms with van der Waals surface area (Å²) < 4.78 is 15.5. The molecule has 3 unspecified atom stereocenters. The van der Waals surface area contributed by atoms with Crippen molar-refractivity contribution in [2.75, 3.05) is 123 Å². The average molecular weight is 760 g/mol. The molecule has 0 saturated heterocycles. The Kier molecular flexibility index (Phi) is 59.7. The van der Waals surface area contributed by atoms with E-state index >= 15 is 0 Å². The van der Waals surface area contributed by atoms with Gasteiger partial charge < -0.3 is 54.4 Å². The zero-order chi connectivity index (χ0) is 33.2. The van der Waals surface area contributed by atoms with Gasteiger partial charge in [0.2, 0.25) is 0 Å². The molecule has 0 fully saturated rings. The van der Waals surface area contributed by atoms with E-state index in [1.807, 2.05) is 0 Å². The minimum atomic E-state index is -0.645. The number of thioether (sulfide) groups is 4. The highest BCUT2D eigenvalue weighted by Gasteiger charge is 2.02. The number of aliphatic hydroxyl groups excluding tert-OH is 6. The third kappa shape index (κ3) is 59.3. The van der Waals surface area contributed by atoms with Crippen molar-refractivity contribution in [3.05, 3.63) is 0 Å². The van der Waals surface area contributed by atoms with E-state index in [4.69, 9.17) is 68.1 Å². The number of ether oxygens (including phenoxy) is 3. The van der Waals surface area contributed by atoms with Gasteiger partial charge in [-0.2, -0.15) is 59.7 Å². The summed E-state index contributed by atoms with van der Waals surface area (Å²) in [5.74, 6) is 6.88. The smallest absolute Gasteiger partial charge is 0.129 e. The van der Waals surface area contributed by atoms with Crippen LogP contribution in [0.3, 0.4) is 0 Å². The standard InChI is InChI=1S/C10H22O5S2.C8H14O3S2.C4H8Cl2O.C3H8O2S/c11-5-9(13)7-16-3-1-15-2-4-17-8-10(14)6-12;9-1-5-12-7-3-11-4-8-13-6-2-10;5-1-3-7-4-2-6;4-1-3(5)2-6/h9-14H,1-8H2;1-2H,3-8H2;1-4H2;3-6H,1-2H2. The van der Waals surface area contributed by atoms with Crippen molar-refractivity contribution in [3.63, 3.8) is 0 Å². The molecule has 11 nitrogen and oxygen atoms in total. The Balaban J connectivity index is -0.000000257. The van der Waals surface area contributed by atoms with Crippen molar-refractivity contribution in [2.45, 2.75) is 18.3 Å². The van der Waals surface area contributed by atoms with Gasteiger partial charge in [0, 0.05) is 63.5 Å². The lowest BCUT2D eigenvalue weighted by molar-refractivity contribution is -0.106. The molecule has 0 aliphatic heterocycles. The zero-order valence-electron chi connectivity index (χ0n) is 24.6. The lowest BCUT2D eigenvalue weighted by atomic mass is 10.4. The summed E-state index contributed by atoms with van der Waals surface area (Å²) in [7, 11) is 0. The molecule has 0 aliphatic rings. The van der Waals surface area contributed by atoms with Crippen LogP contribution in [0.4, 0.5) is 0 Å². The SMILES string of the molecule is ClCCOCCCl.O=CCSCCOCCSCC=O.OCC(O)CS.OCC(O)CSCCOCCSCC(O)CO. The molecule has 0 saturated carbocycles. The van der Waals surface area contributed by atoms with Crippen molar-refractivity contribution in [3.8, 4) is 0 Å². The lowest BCUT2D eigenvalue weighted by Gasteiger charge is -2.08. The maximum Gasteiger partial charge on any atom is 0.129 e. The Morgan fingerprint density at radius 2 is 0.907 bits per heavy atom. The molecule has 0 aliphatic carbocycles. The molecular weight excluding hydrogens is 708 g/mol. The Bertz CT molecular complexity index is 477. The molecule has 18 heteroatoms. The van der Waals surface area contributed by atoms with Gasteiger partial charge in [-0.1, -0.05) is 0 Å². The van der Waals surface area contributed by atoms with E-state index in [1.54, 1.807) is 47.0 Å². The van der Waals surface area contributed by atoms with Gasteiger partial charge >= 0.3 is 0 Å². The zero-order valence-corrected chi connectivity index (χ0v) is 30.3. The van der Waals surface area contributed by atoms with Gasteiger partial charge in [-0.05, 0) is 0 Å². The van der Waals surface area contributed by atoms with Gasteiger partial charge in [0.15, 0.2) is 0 Å². The van der Waals surface area contributed by atoms with Crippen LogP contribution in [0.1, 0.15) is 0 Å². The van der Waals surface area contributed by atoms with Gasteiger partial charge in [-0.3, -0.25) is 0 Å². The molecule has 3 atom stereocenters. The van der Waals surface area contributed by atoms with Crippen LogP contribution in [0.5, 0.6) is 0 Å². The molecule has 262 valence electrons. The Labute approximate surface area is 289 Å². The number of alkyl halides is 2. The van der Waals surface area contributed by atoms with Crippen LogP contribution >= 0.6 is 82.9 Å². The molecule has 0 spiro atoms. The molecule has 0 aromatic carbocycles. The molecule has 43 heavy (non-hydrogen) atoms. The van der Waals surface area contributed by atoms with Crippen LogP contribution < -0.4 is 0 Å². The molecular formula is C25H52Cl2O11S5. The quantitative estimate of drug-likeness (QED) is 0.0257. The third-order valence-electron chi connectivity index (χ3n) is 3.77. The van der Waals surface area contributed by atoms with E-state index in [0.29, 0.717) is 80.2 Å². The van der Waals surface area contributed by atoms with Crippen molar-refractivity contribution in [2.24, 2.45) is 0 Å². The monoisotopic (exact) mass is 758 g/mol. The number of aldehydes is 2. The number of rotatable bonds is 28. The predicted octanol–water partition coefficient (Wildman–Crippen LogP) is 0.793. The number of thiol groups is 1.